The minimum absolute atomic E-state index is 0.193. The van der Waals surface area contributed by atoms with Crippen LogP contribution in [0.15, 0.2) is 48.5 Å². The smallest absolute Gasteiger partial charge is 0.221 e. The number of ketones is 1. The highest BCUT2D eigenvalue weighted by Crippen LogP contribution is 2.27. The van der Waals surface area contributed by atoms with Crippen molar-refractivity contribution in [2.24, 2.45) is 0 Å². The Balaban J connectivity index is 2.05. The van der Waals surface area contributed by atoms with Gasteiger partial charge in [0.15, 0.2) is 5.78 Å². The number of carbonyl (C=O) groups is 1. The molecule has 0 aliphatic carbocycles. The van der Waals surface area contributed by atoms with E-state index in [0.29, 0.717) is 5.30 Å². The van der Waals surface area contributed by atoms with Crippen molar-refractivity contribution < 1.29 is 13.9 Å². The average molecular weight is 329 g/mol. The Labute approximate surface area is 127 Å². The standard InChI is InChI=1S/C14H11Cl2O3P/c15-11-7-4-8-12(16)14(11)13(17)9-19-20(18)10-5-2-1-3-6-10/h1-8,20H,9H2. The molecule has 0 saturated carbocycles. The fraction of sp³-hybridized carbons (Fsp3) is 0.0714. The fourth-order valence-electron chi connectivity index (χ4n) is 1.63. The lowest BCUT2D eigenvalue weighted by atomic mass is 10.1. The molecular weight excluding hydrogens is 318 g/mol. The summed E-state index contributed by atoms with van der Waals surface area (Å²) < 4.78 is 17.0. The summed E-state index contributed by atoms with van der Waals surface area (Å²) in [7, 11) is -2.45. The minimum atomic E-state index is -2.45. The second-order valence-corrected chi connectivity index (χ2v) is 6.22. The van der Waals surface area contributed by atoms with Crippen molar-refractivity contribution in [3.63, 3.8) is 0 Å². The minimum Gasteiger partial charge on any atom is -0.319 e. The summed E-state index contributed by atoms with van der Waals surface area (Å²) in [5.41, 5.74) is 0.193. The van der Waals surface area contributed by atoms with Gasteiger partial charge in [-0.25, -0.2) is 0 Å². The summed E-state index contributed by atoms with van der Waals surface area (Å²) in [4.78, 5) is 12.0. The van der Waals surface area contributed by atoms with Crippen molar-refractivity contribution in [1.29, 1.82) is 0 Å². The monoisotopic (exact) mass is 328 g/mol. The number of Topliss-reactive ketones (excluding diaryl/α,β-unsaturated/α-hetero) is 1. The van der Waals surface area contributed by atoms with Gasteiger partial charge in [-0.2, -0.15) is 0 Å². The number of hydrogen-bond acceptors (Lipinski definition) is 3. The van der Waals surface area contributed by atoms with Gasteiger partial charge in [-0.1, -0.05) is 47.5 Å². The molecule has 104 valence electrons. The maximum absolute atomic E-state index is 12.0. The van der Waals surface area contributed by atoms with Gasteiger partial charge in [-0.3, -0.25) is 9.36 Å². The molecule has 0 fully saturated rings. The summed E-state index contributed by atoms with van der Waals surface area (Å²) in [6, 6.07) is 13.5. The second-order valence-electron chi connectivity index (χ2n) is 3.96. The molecule has 0 bridgehead atoms. The van der Waals surface area contributed by atoms with E-state index in [1.807, 2.05) is 6.07 Å². The summed E-state index contributed by atoms with van der Waals surface area (Å²) in [5, 5.41) is 1.08. The molecule has 0 saturated heterocycles. The van der Waals surface area contributed by atoms with Crippen LogP contribution >= 0.6 is 31.2 Å². The van der Waals surface area contributed by atoms with Crippen molar-refractivity contribution in [1.82, 2.24) is 0 Å². The van der Waals surface area contributed by atoms with Crippen molar-refractivity contribution in [2.75, 3.05) is 6.61 Å². The summed E-state index contributed by atoms with van der Waals surface area (Å²) in [6.07, 6.45) is 0. The number of benzene rings is 2. The van der Waals surface area contributed by atoms with E-state index in [1.165, 1.54) is 0 Å². The maximum atomic E-state index is 12.0. The van der Waals surface area contributed by atoms with Crippen LogP contribution in [0.5, 0.6) is 0 Å². The number of carbonyl (C=O) groups excluding carboxylic acids is 1. The van der Waals surface area contributed by atoms with E-state index in [4.69, 9.17) is 27.7 Å². The molecule has 0 N–H and O–H groups in total. The highest BCUT2D eigenvalue weighted by atomic mass is 35.5. The van der Waals surface area contributed by atoms with Crippen LogP contribution in [0.1, 0.15) is 10.4 Å². The zero-order valence-electron chi connectivity index (χ0n) is 10.3. The lowest BCUT2D eigenvalue weighted by Crippen LogP contribution is -2.09. The van der Waals surface area contributed by atoms with E-state index in [1.54, 1.807) is 42.5 Å². The number of rotatable bonds is 5. The predicted molar refractivity (Wildman–Crippen MR) is 81.8 cm³/mol. The van der Waals surface area contributed by atoms with E-state index < -0.39 is 13.8 Å². The third-order valence-electron chi connectivity index (χ3n) is 2.59. The third-order valence-corrected chi connectivity index (χ3v) is 4.43. The van der Waals surface area contributed by atoms with Gasteiger partial charge < -0.3 is 4.52 Å². The predicted octanol–water partition coefficient (Wildman–Crippen LogP) is 3.99. The third kappa shape index (κ3) is 3.71. The molecule has 3 nitrogen and oxygen atoms in total. The second kappa shape index (κ2) is 7.05. The molecule has 2 rings (SSSR count). The van der Waals surface area contributed by atoms with Gasteiger partial charge >= 0.3 is 0 Å². The molecule has 1 atom stereocenters. The lowest BCUT2D eigenvalue weighted by molar-refractivity contribution is 0.0928. The lowest BCUT2D eigenvalue weighted by Gasteiger charge is -2.07. The molecule has 6 heteroatoms. The van der Waals surface area contributed by atoms with Gasteiger partial charge in [0.2, 0.25) is 8.03 Å². The summed E-state index contributed by atoms with van der Waals surface area (Å²) >= 11 is 11.9. The van der Waals surface area contributed by atoms with Crippen LogP contribution in [0, 0.1) is 0 Å². The molecule has 20 heavy (non-hydrogen) atoms. The van der Waals surface area contributed by atoms with Crippen LogP contribution in [0.3, 0.4) is 0 Å². The van der Waals surface area contributed by atoms with Crippen LogP contribution in [-0.2, 0) is 9.09 Å². The molecule has 0 radical (unpaired) electrons. The quantitative estimate of drug-likeness (QED) is 0.615. The van der Waals surface area contributed by atoms with Gasteiger partial charge in [-0.15, -0.1) is 0 Å². The Morgan fingerprint density at radius 3 is 2.20 bits per heavy atom. The molecule has 0 heterocycles. The van der Waals surface area contributed by atoms with Gasteiger partial charge in [0.05, 0.1) is 15.6 Å². The van der Waals surface area contributed by atoms with Gasteiger partial charge in [-0.05, 0) is 24.3 Å². The largest absolute Gasteiger partial charge is 0.319 e. The summed E-state index contributed by atoms with van der Waals surface area (Å²) in [5.74, 6) is -0.394. The zero-order chi connectivity index (χ0) is 14.5. The Kier molecular flexibility index (Phi) is 5.38. The molecule has 2 aromatic rings. The summed E-state index contributed by atoms with van der Waals surface area (Å²) in [6.45, 7) is -0.323. The van der Waals surface area contributed by atoms with Crippen LogP contribution in [0.4, 0.5) is 0 Å². The molecule has 0 amide bonds. The first-order valence-corrected chi connectivity index (χ1v) is 7.86. The van der Waals surface area contributed by atoms with Crippen molar-refractivity contribution in [2.45, 2.75) is 0 Å². The van der Waals surface area contributed by atoms with Gasteiger partial charge in [0.1, 0.15) is 6.61 Å². The fourth-order valence-corrected chi connectivity index (χ4v) is 3.13. The Hall–Kier alpha value is -1.12. The topological polar surface area (TPSA) is 43.4 Å². The number of halogens is 2. The normalized spacial score (nSPS) is 12.1. The first kappa shape index (κ1) is 15.3. The SMILES string of the molecule is O=C(CO[PH](=O)c1ccccc1)c1c(Cl)cccc1Cl. The molecule has 2 aromatic carbocycles. The Morgan fingerprint density at radius 1 is 1.00 bits per heavy atom. The van der Waals surface area contributed by atoms with Gasteiger partial charge in [0.25, 0.3) is 0 Å². The van der Waals surface area contributed by atoms with E-state index in [0.717, 1.165) is 0 Å². The van der Waals surface area contributed by atoms with E-state index in [-0.39, 0.29) is 22.2 Å². The van der Waals surface area contributed by atoms with Gasteiger partial charge in [0, 0.05) is 5.30 Å². The Bertz CT molecular complexity index is 624. The number of hydrogen-bond donors (Lipinski definition) is 0. The van der Waals surface area contributed by atoms with E-state index in [9.17, 15) is 9.36 Å². The average Bonchev–Trinajstić information content (AvgIpc) is 2.45. The Morgan fingerprint density at radius 2 is 1.60 bits per heavy atom. The van der Waals surface area contributed by atoms with Crippen molar-refractivity contribution in [3.05, 3.63) is 64.1 Å². The first-order chi connectivity index (χ1) is 9.59. The van der Waals surface area contributed by atoms with Crippen LogP contribution < -0.4 is 5.30 Å². The van der Waals surface area contributed by atoms with E-state index >= 15 is 0 Å². The maximum Gasteiger partial charge on any atom is 0.221 e. The highest BCUT2D eigenvalue weighted by molar-refractivity contribution is 7.48. The van der Waals surface area contributed by atoms with Crippen LogP contribution in [0.2, 0.25) is 10.0 Å². The van der Waals surface area contributed by atoms with Crippen molar-refractivity contribution in [3.8, 4) is 0 Å². The zero-order valence-corrected chi connectivity index (χ0v) is 12.8. The highest BCUT2D eigenvalue weighted by Gasteiger charge is 2.16. The molecule has 0 aromatic heterocycles. The molecule has 0 aliphatic heterocycles. The van der Waals surface area contributed by atoms with Crippen molar-refractivity contribution >= 4 is 42.3 Å². The molecule has 1 unspecified atom stereocenters. The van der Waals surface area contributed by atoms with E-state index in [2.05, 4.69) is 0 Å². The molecule has 0 spiro atoms. The van der Waals surface area contributed by atoms with Crippen LogP contribution in [0.25, 0.3) is 0 Å². The molecular formula is C14H11Cl2O3P. The van der Waals surface area contributed by atoms with Crippen LogP contribution in [-0.4, -0.2) is 12.4 Å². The molecule has 0 aliphatic rings. The first-order valence-electron chi connectivity index (χ1n) is 5.79.